The SMILES string of the molecule is CO[C@@H](C)c1ncccc1-c1c(CC(C)(C)CO)c2cc(-c3cccc(C[C@H](NC(=O)OC(C)(C)C)C(=O)O)n3)ccc2n1CC(F)(F)F. The second-order valence-corrected chi connectivity index (χ2v) is 13.8. The topological polar surface area (TPSA) is 136 Å². The highest BCUT2D eigenvalue weighted by Crippen LogP contribution is 2.42. The number of halogens is 3. The Labute approximate surface area is 283 Å². The predicted molar refractivity (Wildman–Crippen MR) is 179 cm³/mol. The minimum Gasteiger partial charge on any atom is -0.480 e. The van der Waals surface area contributed by atoms with Gasteiger partial charge in [-0.1, -0.05) is 26.0 Å². The molecule has 4 aromatic rings. The molecule has 2 atom stereocenters. The van der Waals surface area contributed by atoms with Crippen molar-refractivity contribution in [3.8, 4) is 22.5 Å². The molecule has 4 rings (SSSR count). The lowest BCUT2D eigenvalue weighted by molar-refractivity contribution is -0.140. The number of rotatable bonds is 12. The molecule has 49 heavy (non-hydrogen) atoms. The van der Waals surface area contributed by atoms with E-state index < -0.39 is 47.9 Å². The second-order valence-electron chi connectivity index (χ2n) is 13.8. The smallest absolute Gasteiger partial charge is 0.408 e. The van der Waals surface area contributed by atoms with Crippen LogP contribution in [0.5, 0.6) is 0 Å². The zero-order valence-electron chi connectivity index (χ0n) is 28.7. The molecule has 13 heteroatoms. The number of carbonyl (C=O) groups excluding carboxylic acids is 1. The van der Waals surface area contributed by atoms with E-state index in [9.17, 15) is 33.0 Å². The molecule has 0 aliphatic heterocycles. The summed E-state index contributed by atoms with van der Waals surface area (Å²) in [5, 5.41) is 22.9. The fraction of sp³-hybridized carbons (Fsp3) is 0.444. The van der Waals surface area contributed by atoms with Crippen molar-refractivity contribution in [3.05, 3.63) is 71.7 Å². The fourth-order valence-corrected chi connectivity index (χ4v) is 5.61. The molecule has 3 heterocycles. The molecule has 0 aliphatic carbocycles. The molecule has 0 saturated carbocycles. The van der Waals surface area contributed by atoms with Crippen molar-refractivity contribution in [1.29, 1.82) is 0 Å². The van der Waals surface area contributed by atoms with Crippen LogP contribution in [0.1, 0.15) is 64.6 Å². The Morgan fingerprint density at radius 1 is 1.04 bits per heavy atom. The number of hydrogen-bond acceptors (Lipinski definition) is 7. The normalized spacial score (nSPS) is 13.7. The van der Waals surface area contributed by atoms with E-state index in [4.69, 9.17) is 9.47 Å². The number of hydrogen-bond donors (Lipinski definition) is 3. The number of fused-ring (bicyclic) bond motifs is 1. The van der Waals surface area contributed by atoms with Gasteiger partial charge in [0.25, 0.3) is 0 Å². The van der Waals surface area contributed by atoms with Crippen LogP contribution in [0.3, 0.4) is 0 Å². The average Bonchev–Trinajstić information content (AvgIpc) is 3.29. The molecule has 1 aromatic carbocycles. The van der Waals surface area contributed by atoms with Gasteiger partial charge in [-0.15, -0.1) is 0 Å². The lowest BCUT2D eigenvalue weighted by Gasteiger charge is -2.24. The van der Waals surface area contributed by atoms with Crippen molar-refractivity contribution in [2.45, 2.75) is 84.9 Å². The van der Waals surface area contributed by atoms with E-state index in [-0.39, 0.29) is 19.4 Å². The van der Waals surface area contributed by atoms with Crippen molar-refractivity contribution in [3.63, 3.8) is 0 Å². The maximum Gasteiger partial charge on any atom is 0.408 e. The van der Waals surface area contributed by atoms with Gasteiger partial charge in [0.05, 0.1) is 23.2 Å². The van der Waals surface area contributed by atoms with Crippen LogP contribution in [-0.4, -0.2) is 68.3 Å². The molecule has 3 N–H and O–H groups in total. The van der Waals surface area contributed by atoms with Crippen LogP contribution in [0.4, 0.5) is 18.0 Å². The standard InChI is InChI=1S/C36H43F3N4O6/c1-21(48-7)30-24(11-9-15-40-30)31-26(18-35(5,6)20-44)25-16-22(13-14-29(25)43(31)19-36(37,38)39)27-12-8-10-23(41-27)17-28(32(45)46)42-33(47)49-34(2,3)4/h8-16,21,28,44H,17-20H2,1-7H3,(H,42,47)(H,45,46)/t21-,28-/m0/s1. The van der Waals surface area contributed by atoms with E-state index in [1.165, 1.54) is 11.7 Å². The summed E-state index contributed by atoms with van der Waals surface area (Å²) in [5.41, 5.74) is 2.11. The number of aromatic nitrogens is 3. The van der Waals surface area contributed by atoms with E-state index in [0.717, 1.165) is 0 Å². The third kappa shape index (κ3) is 9.36. The fourth-order valence-electron chi connectivity index (χ4n) is 5.61. The Morgan fingerprint density at radius 2 is 1.76 bits per heavy atom. The van der Waals surface area contributed by atoms with Crippen molar-refractivity contribution >= 4 is 23.0 Å². The number of carboxylic acid groups (broad SMARTS) is 1. The predicted octanol–water partition coefficient (Wildman–Crippen LogP) is 7.12. The van der Waals surface area contributed by atoms with Crippen LogP contribution in [0.25, 0.3) is 33.4 Å². The number of aliphatic hydroxyl groups excluding tert-OH is 1. The molecular weight excluding hydrogens is 641 g/mol. The summed E-state index contributed by atoms with van der Waals surface area (Å²) in [6.45, 7) is 8.97. The number of aliphatic hydroxyl groups is 1. The number of carboxylic acids is 1. The van der Waals surface area contributed by atoms with E-state index in [0.29, 0.717) is 50.4 Å². The summed E-state index contributed by atoms with van der Waals surface area (Å²) in [7, 11) is 1.50. The van der Waals surface area contributed by atoms with Crippen LogP contribution in [0, 0.1) is 5.41 Å². The number of alkyl carbamates (subject to hydrolysis) is 1. The van der Waals surface area contributed by atoms with Gasteiger partial charge in [0.15, 0.2) is 0 Å². The van der Waals surface area contributed by atoms with Gasteiger partial charge < -0.3 is 29.6 Å². The number of nitrogens with one attached hydrogen (secondary N) is 1. The van der Waals surface area contributed by atoms with Crippen molar-refractivity contribution < 1.29 is 42.4 Å². The molecule has 1 amide bonds. The zero-order chi connectivity index (χ0) is 36.3. The Kier molecular flexibility index (Phi) is 11.1. The Bertz CT molecular complexity index is 1810. The second kappa shape index (κ2) is 14.6. The van der Waals surface area contributed by atoms with Gasteiger partial charge in [-0.2, -0.15) is 13.2 Å². The summed E-state index contributed by atoms with van der Waals surface area (Å²) in [5.74, 6) is -1.27. The highest BCUT2D eigenvalue weighted by Gasteiger charge is 2.34. The summed E-state index contributed by atoms with van der Waals surface area (Å²) >= 11 is 0. The van der Waals surface area contributed by atoms with Gasteiger partial charge >= 0.3 is 18.2 Å². The zero-order valence-corrected chi connectivity index (χ0v) is 28.7. The van der Waals surface area contributed by atoms with E-state index >= 15 is 0 Å². The maximum absolute atomic E-state index is 14.2. The highest BCUT2D eigenvalue weighted by molar-refractivity contribution is 5.95. The summed E-state index contributed by atoms with van der Waals surface area (Å²) in [6, 6.07) is 12.2. The van der Waals surface area contributed by atoms with Gasteiger partial charge in [0.1, 0.15) is 18.2 Å². The molecule has 0 fully saturated rings. The highest BCUT2D eigenvalue weighted by atomic mass is 19.4. The third-order valence-corrected chi connectivity index (χ3v) is 7.93. The molecule has 3 aromatic heterocycles. The van der Waals surface area contributed by atoms with Gasteiger partial charge in [-0.05, 0) is 81.5 Å². The number of benzene rings is 1. The van der Waals surface area contributed by atoms with Gasteiger partial charge in [-0.25, -0.2) is 9.59 Å². The lowest BCUT2D eigenvalue weighted by Crippen LogP contribution is -2.44. The number of carbonyl (C=O) groups is 2. The molecule has 264 valence electrons. The average molecular weight is 685 g/mol. The number of aliphatic carboxylic acids is 1. The number of nitrogens with zero attached hydrogens (tertiary/aromatic N) is 3. The third-order valence-electron chi connectivity index (χ3n) is 7.93. The Hall–Kier alpha value is -4.49. The largest absolute Gasteiger partial charge is 0.480 e. The molecular formula is C36H43F3N4O6. The number of pyridine rings is 2. The van der Waals surface area contributed by atoms with Gasteiger partial charge in [0.2, 0.25) is 0 Å². The van der Waals surface area contributed by atoms with Crippen LogP contribution >= 0.6 is 0 Å². The minimum absolute atomic E-state index is 0.145. The quantitative estimate of drug-likeness (QED) is 0.144. The molecule has 0 unspecified atom stereocenters. The monoisotopic (exact) mass is 684 g/mol. The van der Waals surface area contributed by atoms with Gasteiger partial charge in [-0.3, -0.25) is 9.97 Å². The summed E-state index contributed by atoms with van der Waals surface area (Å²) in [4.78, 5) is 33.5. The molecule has 0 aliphatic rings. The first-order valence-corrected chi connectivity index (χ1v) is 15.8. The van der Waals surface area contributed by atoms with Crippen molar-refractivity contribution in [1.82, 2.24) is 19.9 Å². The van der Waals surface area contributed by atoms with Crippen LogP contribution in [0.15, 0.2) is 54.7 Å². The molecule has 10 nitrogen and oxygen atoms in total. The number of alkyl halides is 3. The lowest BCUT2D eigenvalue weighted by atomic mass is 9.84. The van der Waals surface area contributed by atoms with Crippen LogP contribution in [-0.2, 0) is 33.7 Å². The number of amides is 1. The summed E-state index contributed by atoms with van der Waals surface area (Å²) in [6.07, 6.45) is -4.29. The maximum atomic E-state index is 14.2. The minimum atomic E-state index is -4.55. The Balaban J connectivity index is 1.89. The summed E-state index contributed by atoms with van der Waals surface area (Å²) < 4.78 is 54.7. The Morgan fingerprint density at radius 3 is 2.37 bits per heavy atom. The van der Waals surface area contributed by atoms with Crippen LogP contribution in [0.2, 0.25) is 0 Å². The number of methoxy groups -OCH3 is 1. The van der Waals surface area contributed by atoms with Crippen LogP contribution < -0.4 is 5.32 Å². The van der Waals surface area contributed by atoms with E-state index in [2.05, 4.69) is 15.3 Å². The van der Waals surface area contributed by atoms with Crippen molar-refractivity contribution in [2.24, 2.45) is 5.41 Å². The first kappa shape index (κ1) is 37.3. The molecule has 0 radical (unpaired) electrons. The van der Waals surface area contributed by atoms with E-state index in [1.807, 2.05) is 13.8 Å². The molecule has 0 saturated heterocycles. The first-order chi connectivity index (χ1) is 22.8. The van der Waals surface area contributed by atoms with Gasteiger partial charge in [0, 0.05) is 54.1 Å². The first-order valence-electron chi connectivity index (χ1n) is 15.8. The molecule has 0 bridgehead atoms. The molecule has 0 spiro atoms. The van der Waals surface area contributed by atoms with E-state index in [1.54, 1.807) is 82.4 Å². The van der Waals surface area contributed by atoms with Crippen molar-refractivity contribution in [2.75, 3.05) is 13.7 Å². The number of ether oxygens (including phenoxy) is 2.